The summed E-state index contributed by atoms with van der Waals surface area (Å²) in [7, 11) is 0. The lowest BCUT2D eigenvalue weighted by atomic mass is 10.1. The van der Waals surface area contributed by atoms with Crippen molar-refractivity contribution in [2.45, 2.75) is 38.5 Å². The number of carbonyl (C=O) groups is 2. The molecule has 1 aromatic carbocycles. The van der Waals surface area contributed by atoms with Crippen LogP contribution < -0.4 is 5.32 Å². The van der Waals surface area contributed by atoms with Crippen molar-refractivity contribution in [2.75, 3.05) is 6.54 Å². The smallest absolute Gasteiger partial charge is 0.252 e. The van der Waals surface area contributed by atoms with Gasteiger partial charge >= 0.3 is 0 Å². The Morgan fingerprint density at radius 2 is 1.79 bits per heavy atom. The molecule has 4 heteroatoms. The highest BCUT2D eigenvalue weighted by atomic mass is 35.5. The van der Waals surface area contributed by atoms with E-state index in [-0.39, 0.29) is 5.91 Å². The molecule has 0 heterocycles. The van der Waals surface area contributed by atoms with E-state index in [4.69, 9.17) is 11.6 Å². The van der Waals surface area contributed by atoms with Crippen molar-refractivity contribution in [1.29, 1.82) is 0 Å². The van der Waals surface area contributed by atoms with Gasteiger partial charge in [0.15, 0.2) is 0 Å². The Hall–Kier alpha value is -1.35. The molecule has 0 spiro atoms. The maximum Gasteiger partial charge on any atom is 0.252 e. The number of carbonyl (C=O) groups excluding carboxylic acids is 2. The first-order chi connectivity index (χ1) is 9.25. The van der Waals surface area contributed by atoms with Crippen molar-refractivity contribution in [1.82, 2.24) is 5.32 Å². The van der Waals surface area contributed by atoms with Gasteiger partial charge in [-0.05, 0) is 25.0 Å². The minimum Gasteiger partial charge on any atom is -0.352 e. The second-order valence-corrected chi connectivity index (χ2v) is 4.87. The van der Waals surface area contributed by atoms with E-state index in [2.05, 4.69) is 5.32 Å². The predicted molar refractivity (Wildman–Crippen MR) is 77.6 cm³/mol. The average Bonchev–Trinajstić information content (AvgIpc) is 2.42. The molecule has 1 amide bonds. The summed E-state index contributed by atoms with van der Waals surface area (Å²) in [4.78, 5) is 21.9. The molecule has 1 N–H and O–H groups in total. The van der Waals surface area contributed by atoms with Gasteiger partial charge in [0.2, 0.25) is 0 Å². The average molecular weight is 282 g/mol. The van der Waals surface area contributed by atoms with E-state index < -0.39 is 0 Å². The van der Waals surface area contributed by atoms with Crippen LogP contribution in [0.25, 0.3) is 0 Å². The van der Waals surface area contributed by atoms with Crippen LogP contribution in [-0.2, 0) is 4.79 Å². The van der Waals surface area contributed by atoms with Gasteiger partial charge in [-0.25, -0.2) is 0 Å². The summed E-state index contributed by atoms with van der Waals surface area (Å²) in [6.45, 7) is 0.664. The van der Waals surface area contributed by atoms with Crippen LogP contribution in [0.2, 0.25) is 5.02 Å². The second kappa shape index (κ2) is 9.56. The Balaban J connectivity index is 2.11. The topological polar surface area (TPSA) is 46.2 Å². The van der Waals surface area contributed by atoms with Crippen LogP contribution in [0.4, 0.5) is 0 Å². The van der Waals surface area contributed by atoms with Gasteiger partial charge in [-0.2, -0.15) is 0 Å². The Morgan fingerprint density at radius 3 is 2.53 bits per heavy atom. The lowest BCUT2D eigenvalue weighted by molar-refractivity contribution is -0.107. The van der Waals surface area contributed by atoms with Crippen LogP contribution in [0.5, 0.6) is 0 Å². The number of nitrogens with one attached hydrogen (secondary N) is 1. The molecule has 0 bridgehead atoms. The van der Waals surface area contributed by atoms with Gasteiger partial charge in [0, 0.05) is 13.0 Å². The second-order valence-electron chi connectivity index (χ2n) is 4.46. The highest BCUT2D eigenvalue weighted by molar-refractivity contribution is 6.33. The number of halogens is 1. The van der Waals surface area contributed by atoms with Gasteiger partial charge in [-0.3, -0.25) is 4.79 Å². The fourth-order valence-corrected chi connectivity index (χ4v) is 2.05. The summed E-state index contributed by atoms with van der Waals surface area (Å²) in [6, 6.07) is 7.03. The monoisotopic (exact) mass is 281 g/mol. The molecule has 1 aromatic rings. The maximum atomic E-state index is 11.8. The fraction of sp³-hybridized carbons (Fsp3) is 0.467. The molecule has 3 nitrogen and oxygen atoms in total. The van der Waals surface area contributed by atoms with Crippen LogP contribution in [0.3, 0.4) is 0 Å². The van der Waals surface area contributed by atoms with Crippen molar-refractivity contribution in [3.05, 3.63) is 34.9 Å². The first-order valence-corrected chi connectivity index (χ1v) is 7.10. The largest absolute Gasteiger partial charge is 0.352 e. The molecule has 0 aliphatic carbocycles. The molecule has 0 unspecified atom stereocenters. The predicted octanol–water partition coefficient (Wildman–Crippen LogP) is 3.61. The molecule has 0 atom stereocenters. The molecule has 0 saturated carbocycles. The van der Waals surface area contributed by atoms with Gasteiger partial charge in [-0.1, -0.05) is 43.0 Å². The summed E-state index contributed by atoms with van der Waals surface area (Å²) in [5, 5.41) is 3.34. The lowest BCUT2D eigenvalue weighted by Gasteiger charge is -2.06. The molecule has 1 rings (SSSR count). The third-order valence-electron chi connectivity index (χ3n) is 2.90. The summed E-state index contributed by atoms with van der Waals surface area (Å²) in [5.41, 5.74) is 0.523. The molecule has 0 aliphatic rings. The van der Waals surface area contributed by atoms with Crippen LogP contribution in [0, 0.1) is 0 Å². The number of aldehydes is 1. The number of hydrogen-bond donors (Lipinski definition) is 1. The zero-order valence-corrected chi connectivity index (χ0v) is 11.8. The minimum atomic E-state index is -0.119. The summed E-state index contributed by atoms with van der Waals surface area (Å²) in [5.74, 6) is -0.119. The van der Waals surface area contributed by atoms with Gasteiger partial charge < -0.3 is 10.1 Å². The molecule has 0 saturated heterocycles. The zero-order valence-electron chi connectivity index (χ0n) is 11.0. The van der Waals surface area contributed by atoms with Crippen molar-refractivity contribution >= 4 is 23.8 Å². The molecule has 0 radical (unpaired) electrons. The third-order valence-corrected chi connectivity index (χ3v) is 3.23. The molecular formula is C15H20ClNO2. The Bertz CT molecular complexity index is 407. The number of amides is 1. The maximum absolute atomic E-state index is 11.8. The van der Waals surface area contributed by atoms with Crippen LogP contribution in [0.15, 0.2) is 24.3 Å². The van der Waals surface area contributed by atoms with Crippen LogP contribution in [0.1, 0.15) is 48.9 Å². The Morgan fingerprint density at radius 1 is 1.11 bits per heavy atom. The van der Waals surface area contributed by atoms with Gasteiger partial charge in [0.05, 0.1) is 10.6 Å². The SMILES string of the molecule is O=CCCCCCCCNC(=O)c1ccccc1Cl. The molecule has 0 fully saturated rings. The molecule has 19 heavy (non-hydrogen) atoms. The minimum absolute atomic E-state index is 0.119. The van der Waals surface area contributed by atoms with Gasteiger partial charge in [-0.15, -0.1) is 0 Å². The number of benzene rings is 1. The van der Waals surface area contributed by atoms with E-state index in [1.165, 1.54) is 0 Å². The Kier molecular flexibility index (Phi) is 7.91. The normalized spacial score (nSPS) is 10.2. The molecule has 0 aliphatic heterocycles. The van der Waals surface area contributed by atoms with Gasteiger partial charge in [0.25, 0.3) is 5.91 Å². The number of unbranched alkanes of at least 4 members (excludes halogenated alkanes) is 5. The standard InChI is InChI=1S/C15H20ClNO2/c16-14-10-6-5-9-13(14)15(19)17-11-7-3-1-2-4-8-12-18/h5-6,9-10,12H,1-4,7-8,11H2,(H,17,19). The van der Waals surface area contributed by atoms with E-state index in [0.717, 1.165) is 38.4 Å². The summed E-state index contributed by atoms with van der Waals surface area (Å²) < 4.78 is 0. The van der Waals surface area contributed by atoms with Crippen molar-refractivity contribution in [2.24, 2.45) is 0 Å². The lowest BCUT2D eigenvalue weighted by Crippen LogP contribution is -2.24. The number of rotatable bonds is 9. The van der Waals surface area contributed by atoms with Crippen molar-refractivity contribution in [3.63, 3.8) is 0 Å². The number of hydrogen-bond acceptors (Lipinski definition) is 2. The van der Waals surface area contributed by atoms with Crippen molar-refractivity contribution in [3.8, 4) is 0 Å². The first-order valence-electron chi connectivity index (χ1n) is 6.72. The quantitative estimate of drug-likeness (QED) is 0.555. The first kappa shape index (κ1) is 15.7. The van der Waals surface area contributed by atoms with E-state index >= 15 is 0 Å². The van der Waals surface area contributed by atoms with Crippen molar-refractivity contribution < 1.29 is 9.59 Å². The van der Waals surface area contributed by atoms with Gasteiger partial charge in [0.1, 0.15) is 6.29 Å². The zero-order chi connectivity index (χ0) is 13.9. The van der Waals surface area contributed by atoms with Crippen LogP contribution in [-0.4, -0.2) is 18.7 Å². The Labute approximate surface area is 119 Å². The van der Waals surface area contributed by atoms with E-state index in [9.17, 15) is 9.59 Å². The third kappa shape index (κ3) is 6.39. The van der Waals surface area contributed by atoms with Crippen LogP contribution >= 0.6 is 11.6 Å². The van der Waals surface area contributed by atoms with E-state index in [1.54, 1.807) is 24.3 Å². The molecule has 0 aromatic heterocycles. The highest BCUT2D eigenvalue weighted by Crippen LogP contribution is 2.14. The summed E-state index contributed by atoms with van der Waals surface area (Å²) >= 11 is 5.94. The summed E-state index contributed by atoms with van der Waals surface area (Å²) in [6.07, 6.45) is 6.80. The van der Waals surface area contributed by atoms with E-state index in [0.29, 0.717) is 23.6 Å². The highest BCUT2D eigenvalue weighted by Gasteiger charge is 2.07. The molecule has 104 valence electrons. The fourth-order valence-electron chi connectivity index (χ4n) is 1.83. The molecular weight excluding hydrogens is 262 g/mol. The van der Waals surface area contributed by atoms with E-state index in [1.807, 2.05) is 0 Å².